The fraction of sp³-hybridized carbons (Fsp3) is 0.357. The summed E-state index contributed by atoms with van der Waals surface area (Å²) < 4.78 is 6.08. The van der Waals surface area contributed by atoms with Gasteiger partial charge in [-0.15, -0.1) is 0 Å². The Labute approximate surface area is 193 Å². The Morgan fingerprint density at radius 1 is 0.812 bits per heavy atom. The van der Waals surface area contributed by atoms with Crippen molar-refractivity contribution in [2.45, 2.75) is 40.0 Å². The number of aryl methyl sites for hydroxylation is 1. The van der Waals surface area contributed by atoms with Crippen molar-refractivity contribution < 1.29 is 4.74 Å². The van der Waals surface area contributed by atoms with E-state index in [9.17, 15) is 0 Å². The van der Waals surface area contributed by atoms with Gasteiger partial charge in [-0.25, -0.2) is 0 Å². The van der Waals surface area contributed by atoms with E-state index in [0.717, 1.165) is 24.5 Å². The number of hydrogen-bond acceptors (Lipinski definition) is 4. The molecule has 1 N–H and O–H groups in total. The molecule has 3 rings (SSSR count). The molecule has 170 valence electrons. The highest BCUT2D eigenvalue weighted by Gasteiger charge is 2.16. The van der Waals surface area contributed by atoms with Crippen molar-refractivity contribution in [1.82, 2.24) is 4.90 Å². The van der Waals surface area contributed by atoms with Gasteiger partial charge in [0.25, 0.3) is 0 Å². The Balaban J connectivity index is 1.75. The molecule has 0 heterocycles. The quantitative estimate of drug-likeness (QED) is 0.361. The van der Waals surface area contributed by atoms with E-state index in [0.29, 0.717) is 6.73 Å². The Kier molecular flexibility index (Phi) is 8.72. The Bertz CT molecular complexity index is 938. The molecule has 0 fully saturated rings. The van der Waals surface area contributed by atoms with Crippen LogP contribution in [0.1, 0.15) is 43.5 Å². The van der Waals surface area contributed by atoms with Crippen LogP contribution in [0.5, 0.6) is 0 Å². The molecule has 3 aromatic carbocycles. The van der Waals surface area contributed by atoms with Crippen molar-refractivity contribution in [3.8, 4) is 0 Å². The van der Waals surface area contributed by atoms with Crippen LogP contribution in [-0.4, -0.2) is 38.0 Å². The molecule has 3 aromatic rings. The van der Waals surface area contributed by atoms with Crippen LogP contribution < -0.4 is 10.2 Å². The van der Waals surface area contributed by atoms with Gasteiger partial charge in [-0.05, 0) is 61.8 Å². The van der Waals surface area contributed by atoms with Gasteiger partial charge in [0.05, 0.1) is 6.04 Å². The zero-order chi connectivity index (χ0) is 22.9. The molecule has 0 radical (unpaired) electrons. The first-order chi connectivity index (χ1) is 15.5. The van der Waals surface area contributed by atoms with Crippen LogP contribution in [0.4, 0.5) is 11.4 Å². The molecule has 2 unspecified atom stereocenters. The molecule has 0 aromatic heterocycles. The first-order valence-corrected chi connectivity index (χ1v) is 11.6. The molecule has 0 spiro atoms. The summed E-state index contributed by atoms with van der Waals surface area (Å²) in [4.78, 5) is 4.45. The monoisotopic (exact) mass is 431 g/mol. The third kappa shape index (κ3) is 6.12. The molecule has 0 amide bonds. The van der Waals surface area contributed by atoms with E-state index >= 15 is 0 Å². The van der Waals surface area contributed by atoms with E-state index in [1.54, 1.807) is 0 Å². The van der Waals surface area contributed by atoms with Crippen LogP contribution in [0.2, 0.25) is 0 Å². The number of benzene rings is 3. The van der Waals surface area contributed by atoms with Gasteiger partial charge in [-0.2, -0.15) is 0 Å². The summed E-state index contributed by atoms with van der Waals surface area (Å²) >= 11 is 0. The molecule has 0 aliphatic carbocycles. The summed E-state index contributed by atoms with van der Waals surface area (Å²) in [5.74, 6) is 0. The summed E-state index contributed by atoms with van der Waals surface area (Å²) in [6, 6.07) is 27.9. The predicted octanol–water partition coefficient (Wildman–Crippen LogP) is 6.29. The summed E-state index contributed by atoms with van der Waals surface area (Å²) in [6.07, 6.45) is 0.104. The van der Waals surface area contributed by atoms with Crippen molar-refractivity contribution in [2.75, 3.05) is 37.1 Å². The Hall–Kier alpha value is -2.82. The van der Waals surface area contributed by atoms with Crippen molar-refractivity contribution in [1.29, 1.82) is 0 Å². The van der Waals surface area contributed by atoms with Crippen molar-refractivity contribution >= 4 is 11.4 Å². The lowest BCUT2D eigenvalue weighted by Gasteiger charge is -2.29. The van der Waals surface area contributed by atoms with E-state index in [2.05, 4.69) is 129 Å². The highest BCUT2D eigenvalue weighted by atomic mass is 16.5. The fourth-order valence-electron chi connectivity index (χ4n) is 3.95. The summed E-state index contributed by atoms with van der Waals surface area (Å²) in [6.45, 7) is 11.1. The summed E-state index contributed by atoms with van der Waals surface area (Å²) in [5, 5.41) is 3.75. The van der Waals surface area contributed by atoms with E-state index in [-0.39, 0.29) is 12.3 Å². The van der Waals surface area contributed by atoms with Crippen LogP contribution >= 0.6 is 0 Å². The molecular weight excluding hydrogens is 394 g/mol. The van der Waals surface area contributed by atoms with Crippen LogP contribution in [-0.2, 0) is 4.74 Å². The number of anilines is 2. The number of nitrogens with zero attached hydrogens (tertiary/aromatic N) is 2. The Morgan fingerprint density at radius 3 is 2.03 bits per heavy atom. The zero-order valence-electron chi connectivity index (χ0n) is 20.1. The molecule has 0 aliphatic heterocycles. The first-order valence-electron chi connectivity index (χ1n) is 11.6. The van der Waals surface area contributed by atoms with E-state index in [4.69, 9.17) is 4.74 Å². The van der Waals surface area contributed by atoms with Gasteiger partial charge in [0.2, 0.25) is 0 Å². The van der Waals surface area contributed by atoms with Gasteiger partial charge in [-0.3, -0.25) is 4.90 Å². The minimum absolute atomic E-state index is 0.0793. The highest BCUT2D eigenvalue weighted by molar-refractivity contribution is 5.55. The third-order valence-corrected chi connectivity index (χ3v) is 6.08. The second-order valence-corrected chi connectivity index (χ2v) is 8.21. The maximum Gasteiger partial charge on any atom is 0.120 e. The fourth-order valence-corrected chi connectivity index (χ4v) is 3.95. The molecule has 0 bridgehead atoms. The largest absolute Gasteiger partial charge is 0.374 e. The van der Waals surface area contributed by atoms with Crippen LogP contribution in [0.25, 0.3) is 0 Å². The molecule has 0 aliphatic rings. The number of rotatable bonds is 11. The standard InChI is InChI=1S/C28H37N3O/c1-6-31(7-2)23(4)32-21-30(5)26-19-17-25(18-20-26)28(24-14-9-8-10-15-24)29-27-16-12-11-13-22(27)3/h8-20,23,28-29H,6-7,21H2,1-5H3. The second-order valence-electron chi connectivity index (χ2n) is 8.21. The van der Waals surface area contributed by atoms with Crippen molar-refractivity contribution in [2.24, 2.45) is 0 Å². The molecule has 0 saturated carbocycles. The van der Waals surface area contributed by atoms with Gasteiger partial charge in [0.1, 0.15) is 13.0 Å². The lowest BCUT2D eigenvalue weighted by atomic mass is 9.97. The highest BCUT2D eigenvalue weighted by Crippen LogP contribution is 2.29. The summed E-state index contributed by atoms with van der Waals surface area (Å²) in [5.41, 5.74) is 6.01. The number of para-hydroxylation sites is 1. The van der Waals surface area contributed by atoms with E-state index < -0.39 is 0 Å². The average Bonchev–Trinajstić information content (AvgIpc) is 2.83. The van der Waals surface area contributed by atoms with Gasteiger partial charge >= 0.3 is 0 Å². The normalized spacial score (nSPS) is 13.1. The van der Waals surface area contributed by atoms with Crippen LogP contribution in [0, 0.1) is 6.92 Å². The minimum atomic E-state index is 0.0793. The first kappa shape index (κ1) is 23.8. The third-order valence-electron chi connectivity index (χ3n) is 6.08. The van der Waals surface area contributed by atoms with Crippen LogP contribution in [0.3, 0.4) is 0 Å². The van der Waals surface area contributed by atoms with Gasteiger partial charge < -0.3 is 15.0 Å². The average molecular weight is 432 g/mol. The van der Waals surface area contributed by atoms with Gasteiger partial charge in [-0.1, -0.05) is 74.5 Å². The maximum atomic E-state index is 6.08. The van der Waals surface area contributed by atoms with Crippen LogP contribution in [0.15, 0.2) is 78.9 Å². The molecule has 2 atom stereocenters. The van der Waals surface area contributed by atoms with E-state index in [1.807, 2.05) is 0 Å². The number of ether oxygens (including phenoxy) is 1. The van der Waals surface area contributed by atoms with Crippen molar-refractivity contribution in [3.63, 3.8) is 0 Å². The molecular formula is C28H37N3O. The van der Waals surface area contributed by atoms with Gasteiger partial charge in [0, 0.05) is 18.4 Å². The zero-order valence-corrected chi connectivity index (χ0v) is 20.1. The lowest BCUT2D eigenvalue weighted by Crippen LogP contribution is -2.37. The number of nitrogens with one attached hydrogen (secondary N) is 1. The predicted molar refractivity (Wildman–Crippen MR) is 136 cm³/mol. The maximum absolute atomic E-state index is 6.08. The molecule has 4 heteroatoms. The molecule has 32 heavy (non-hydrogen) atoms. The molecule has 4 nitrogen and oxygen atoms in total. The lowest BCUT2D eigenvalue weighted by molar-refractivity contribution is -0.0410. The topological polar surface area (TPSA) is 27.7 Å². The second kappa shape index (κ2) is 11.7. The summed E-state index contributed by atoms with van der Waals surface area (Å²) in [7, 11) is 2.07. The van der Waals surface area contributed by atoms with E-state index in [1.165, 1.54) is 16.7 Å². The molecule has 0 saturated heterocycles. The smallest absolute Gasteiger partial charge is 0.120 e. The Morgan fingerprint density at radius 2 is 1.41 bits per heavy atom. The van der Waals surface area contributed by atoms with Crippen molar-refractivity contribution in [3.05, 3.63) is 95.6 Å². The minimum Gasteiger partial charge on any atom is -0.374 e. The van der Waals surface area contributed by atoms with Gasteiger partial charge in [0.15, 0.2) is 0 Å². The SMILES string of the molecule is CCN(CC)C(C)OCN(C)c1ccc(C(Nc2ccccc2C)c2ccccc2)cc1. The number of hydrogen-bond donors (Lipinski definition) is 1.